The van der Waals surface area contributed by atoms with Crippen LogP contribution in [0, 0.1) is 0 Å². The van der Waals surface area contributed by atoms with Gasteiger partial charge in [-0.1, -0.05) is 46.3 Å². The minimum absolute atomic E-state index is 0.251. The summed E-state index contributed by atoms with van der Waals surface area (Å²) in [5, 5.41) is 8.37. The number of aromatic nitrogens is 3. The fraction of sp³-hybridized carbons (Fsp3) is 0.385. The van der Waals surface area contributed by atoms with E-state index in [2.05, 4.69) is 33.2 Å². The smallest absolute Gasteiger partial charge is 0.0967 e. The van der Waals surface area contributed by atoms with Gasteiger partial charge in [-0.05, 0) is 12.5 Å². The third-order valence-electron chi connectivity index (χ3n) is 2.73. The maximum absolute atomic E-state index is 5.19. The number of benzene rings is 1. The molecule has 0 saturated heterocycles. The lowest BCUT2D eigenvalue weighted by Gasteiger charge is -2.07. The second-order valence-corrected chi connectivity index (χ2v) is 5.13. The van der Waals surface area contributed by atoms with Crippen molar-refractivity contribution in [1.82, 2.24) is 15.0 Å². The van der Waals surface area contributed by atoms with Gasteiger partial charge in [0, 0.05) is 12.7 Å². The summed E-state index contributed by atoms with van der Waals surface area (Å²) in [6.45, 7) is 2.67. The first-order valence-electron chi connectivity index (χ1n) is 5.89. The molecule has 5 heteroatoms. The SMILES string of the molecule is CCC(Br)c1cn(-c2ccccc2COC)nn1. The summed E-state index contributed by atoms with van der Waals surface area (Å²) in [6, 6.07) is 8.03. The lowest BCUT2D eigenvalue weighted by atomic mass is 10.2. The van der Waals surface area contributed by atoms with Gasteiger partial charge in [0.05, 0.1) is 29.0 Å². The van der Waals surface area contributed by atoms with Crippen LogP contribution in [0.15, 0.2) is 30.5 Å². The van der Waals surface area contributed by atoms with Crippen LogP contribution in [0.3, 0.4) is 0 Å². The predicted octanol–water partition coefficient (Wildman–Crippen LogP) is 3.26. The zero-order chi connectivity index (χ0) is 13.0. The Balaban J connectivity index is 2.33. The maximum atomic E-state index is 5.19. The quantitative estimate of drug-likeness (QED) is 0.796. The molecular weight excluding hydrogens is 294 g/mol. The standard InChI is InChI=1S/C13H16BrN3O/c1-3-11(14)12-8-17(16-15-12)13-7-5-4-6-10(13)9-18-2/h4-8,11H,3,9H2,1-2H3. The van der Waals surface area contributed by atoms with Crippen LogP contribution in [0.25, 0.3) is 5.69 Å². The predicted molar refractivity (Wildman–Crippen MR) is 74.0 cm³/mol. The van der Waals surface area contributed by atoms with Crippen molar-refractivity contribution in [2.75, 3.05) is 7.11 Å². The number of hydrogen-bond acceptors (Lipinski definition) is 3. The Morgan fingerprint density at radius 3 is 2.89 bits per heavy atom. The molecule has 18 heavy (non-hydrogen) atoms. The summed E-state index contributed by atoms with van der Waals surface area (Å²) in [6.07, 6.45) is 2.94. The Morgan fingerprint density at radius 1 is 1.39 bits per heavy atom. The molecule has 0 aliphatic carbocycles. The first-order valence-corrected chi connectivity index (χ1v) is 6.81. The summed E-state index contributed by atoms with van der Waals surface area (Å²) >= 11 is 3.58. The summed E-state index contributed by atoms with van der Waals surface area (Å²) in [5.74, 6) is 0. The Labute approximate surface area is 115 Å². The minimum atomic E-state index is 0.251. The van der Waals surface area contributed by atoms with Crippen molar-refractivity contribution in [2.24, 2.45) is 0 Å². The molecule has 1 atom stereocenters. The topological polar surface area (TPSA) is 39.9 Å². The van der Waals surface area contributed by atoms with Crippen LogP contribution in [-0.4, -0.2) is 22.1 Å². The van der Waals surface area contributed by atoms with Crippen LogP contribution in [-0.2, 0) is 11.3 Å². The fourth-order valence-electron chi connectivity index (χ4n) is 1.76. The molecule has 0 aliphatic rings. The lowest BCUT2D eigenvalue weighted by molar-refractivity contribution is 0.184. The lowest BCUT2D eigenvalue weighted by Crippen LogP contribution is -2.01. The van der Waals surface area contributed by atoms with Crippen LogP contribution in [0.5, 0.6) is 0 Å². The Kier molecular flexibility index (Phi) is 4.49. The van der Waals surface area contributed by atoms with Gasteiger partial charge in [0.2, 0.25) is 0 Å². The molecule has 0 bridgehead atoms. The average Bonchev–Trinajstić information content (AvgIpc) is 2.88. The molecule has 0 aliphatic heterocycles. The van der Waals surface area contributed by atoms with Crippen molar-refractivity contribution in [3.63, 3.8) is 0 Å². The van der Waals surface area contributed by atoms with E-state index in [1.54, 1.807) is 11.8 Å². The molecule has 0 amide bonds. The van der Waals surface area contributed by atoms with Gasteiger partial charge in [-0.25, -0.2) is 4.68 Å². The normalized spacial score (nSPS) is 12.6. The van der Waals surface area contributed by atoms with Crippen LogP contribution >= 0.6 is 15.9 Å². The van der Waals surface area contributed by atoms with Crippen LogP contribution in [0.4, 0.5) is 0 Å². The Morgan fingerprint density at radius 2 is 2.17 bits per heavy atom. The molecular formula is C13H16BrN3O. The number of ether oxygens (including phenoxy) is 1. The third-order valence-corrected chi connectivity index (χ3v) is 3.85. The third kappa shape index (κ3) is 2.79. The molecule has 0 radical (unpaired) electrons. The average molecular weight is 310 g/mol. The molecule has 1 heterocycles. The summed E-state index contributed by atoms with van der Waals surface area (Å²) in [7, 11) is 1.69. The van der Waals surface area contributed by atoms with Crippen molar-refractivity contribution in [2.45, 2.75) is 24.8 Å². The fourth-order valence-corrected chi connectivity index (χ4v) is 1.97. The van der Waals surface area contributed by atoms with Crippen molar-refractivity contribution in [3.8, 4) is 5.69 Å². The highest BCUT2D eigenvalue weighted by atomic mass is 79.9. The van der Waals surface area contributed by atoms with Gasteiger partial charge in [0.15, 0.2) is 0 Å². The van der Waals surface area contributed by atoms with E-state index in [0.29, 0.717) is 6.61 Å². The van der Waals surface area contributed by atoms with Gasteiger partial charge in [0.1, 0.15) is 0 Å². The minimum Gasteiger partial charge on any atom is -0.380 e. The molecule has 96 valence electrons. The van der Waals surface area contributed by atoms with Gasteiger partial charge in [-0.15, -0.1) is 5.10 Å². The second kappa shape index (κ2) is 6.11. The number of hydrogen-bond donors (Lipinski definition) is 0. The largest absolute Gasteiger partial charge is 0.380 e. The van der Waals surface area contributed by atoms with Gasteiger partial charge in [0.25, 0.3) is 0 Å². The number of methoxy groups -OCH3 is 1. The summed E-state index contributed by atoms with van der Waals surface area (Å²) in [5.41, 5.74) is 3.05. The number of alkyl halides is 1. The van der Waals surface area contributed by atoms with E-state index in [0.717, 1.165) is 23.4 Å². The zero-order valence-electron chi connectivity index (χ0n) is 10.5. The van der Waals surface area contributed by atoms with Gasteiger partial charge in [-0.2, -0.15) is 0 Å². The molecule has 1 aromatic heterocycles. The van der Waals surface area contributed by atoms with Crippen LogP contribution < -0.4 is 0 Å². The van der Waals surface area contributed by atoms with E-state index in [-0.39, 0.29) is 4.83 Å². The zero-order valence-corrected chi connectivity index (χ0v) is 12.1. The Bertz CT molecular complexity index is 512. The van der Waals surface area contributed by atoms with Crippen molar-refractivity contribution in [1.29, 1.82) is 0 Å². The van der Waals surface area contributed by atoms with E-state index < -0.39 is 0 Å². The summed E-state index contributed by atoms with van der Waals surface area (Å²) < 4.78 is 6.99. The molecule has 0 saturated carbocycles. The monoisotopic (exact) mass is 309 g/mol. The van der Waals surface area contributed by atoms with Crippen LogP contribution in [0.1, 0.15) is 29.4 Å². The van der Waals surface area contributed by atoms with Crippen molar-refractivity contribution >= 4 is 15.9 Å². The van der Waals surface area contributed by atoms with E-state index in [1.165, 1.54) is 0 Å². The summed E-state index contributed by atoms with van der Waals surface area (Å²) in [4.78, 5) is 0.251. The first-order chi connectivity index (χ1) is 8.76. The molecule has 4 nitrogen and oxygen atoms in total. The molecule has 2 rings (SSSR count). The van der Waals surface area contributed by atoms with Crippen LogP contribution in [0.2, 0.25) is 0 Å². The second-order valence-electron chi connectivity index (χ2n) is 4.03. The number of para-hydroxylation sites is 1. The van der Waals surface area contributed by atoms with Gasteiger partial charge >= 0.3 is 0 Å². The first kappa shape index (κ1) is 13.2. The highest BCUT2D eigenvalue weighted by Crippen LogP contribution is 2.24. The highest BCUT2D eigenvalue weighted by Gasteiger charge is 2.11. The highest BCUT2D eigenvalue weighted by molar-refractivity contribution is 9.09. The molecule has 1 aromatic carbocycles. The molecule has 0 N–H and O–H groups in total. The molecule has 2 aromatic rings. The molecule has 1 unspecified atom stereocenters. The van der Waals surface area contributed by atoms with Crippen molar-refractivity contribution < 1.29 is 4.74 Å². The number of rotatable bonds is 5. The molecule has 0 spiro atoms. The molecule has 0 fully saturated rings. The van der Waals surface area contributed by atoms with Gasteiger partial charge < -0.3 is 4.74 Å². The number of nitrogens with zero attached hydrogens (tertiary/aromatic N) is 3. The van der Waals surface area contributed by atoms with E-state index >= 15 is 0 Å². The van der Waals surface area contributed by atoms with E-state index in [4.69, 9.17) is 4.74 Å². The van der Waals surface area contributed by atoms with Gasteiger partial charge in [-0.3, -0.25) is 0 Å². The van der Waals surface area contributed by atoms with Crippen molar-refractivity contribution in [3.05, 3.63) is 41.7 Å². The van der Waals surface area contributed by atoms with E-state index in [1.807, 2.05) is 30.5 Å². The van der Waals surface area contributed by atoms with E-state index in [9.17, 15) is 0 Å². The number of halogens is 1. The maximum Gasteiger partial charge on any atom is 0.0967 e. The Hall–Kier alpha value is -1.20.